The summed E-state index contributed by atoms with van der Waals surface area (Å²) in [4.78, 5) is 14.4. The van der Waals surface area contributed by atoms with Crippen LogP contribution in [0, 0.1) is 0 Å². The highest BCUT2D eigenvalue weighted by Crippen LogP contribution is 2.18. The van der Waals surface area contributed by atoms with Gasteiger partial charge >= 0.3 is 0 Å². The van der Waals surface area contributed by atoms with Crippen LogP contribution in [0.2, 0.25) is 0 Å². The lowest BCUT2D eigenvalue weighted by Crippen LogP contribution is -2.34. The molecule has 1 aromatic carbocycles. The smallest absolute Gasteiger partial charge is 0.232 e. The Bertz CT molecular complexity index is 450. The van der Waals surface area contributed by atoms with Gasteiger partial charge in [-0.05, 0) is 37.8 Å². The van der Waals surface area contributed by atoms with Crippen LogP contribution < -0.4 is 5.73 Å². The summed E-state index contributed by atoms with van der Waals surface area (Å²) in [6.45, 7) is 2.88. The van der Waals surface area contributed by atoms with Gasteiger partial charge in [-0.2, -0.15) is 0 Å². The number of rotatable bonds is 9. The summed E-state index contributed by atoms with van der Waals surface area (Å²) in [7, 11) is 0. The van der Waals surface area contributed by atoms with Gasteiger partial charge in [0.25, 0.3) is 0 Å². The molecule has 1 atom stereocenters. The first-order chi connectivity index (χ1) is 11.3. The maximum Gasteiger partial charge on any atom is 0.232 e. The fraction of sp³-hybridized carbons (Fsp3) is 0.611. The van der Waals surface area contributed by atoms with Gasteiger partial charge in [-0.3, -0.25) is 4.79 Å². The lowest BCUT2D eigenvalue weighted by Gasteiger charge is -2.24. The molecule has 1 aliphatic heterocycles. The van der Waals surface area contributed by atoms with E-state index < -0.39 is 0 Å². The van der Waals surface area contributed by atoms with Gasteiger partial charge < -0.3 is 15.4 Å². The molecular weight excluding hydrogens is 308 g/mol. The summed E-state index contributed by atoms with van der Waals surface area (Å²) < 4.78 is 5.72. The zero-order chi connectivity index (χ0) is 16.3. The van der Waals surface area contributed by atoms with E-state index in [0.717, 1.165) is 31.7 Å². The molecule has 0 spiro atoms. The van der Waals surface area contributed by atoms with Crippen LogP contribution in [-0.2, 0) is 16.1 Å². The number of nitrogens with two attached hydrogens (primary N) is 1. The monoisotopic (exact) mass is 336 g/mol. The number of carbonyl (C=O) groups excluding carboxylic acids is 1. The van der Waals surface area contributed by atoms with Gasteiger partial charge in [0, 0.05) is 25.4 Å². The Morgan fingerprint density at radius 3 is 2.83 bits per heavy atom. The number of ether oxygens (including phenoxy) is 1. The molecular formula is C18H28N2O2S. The predicted molar refractivity (Wildman–Crippen MR) is 96.4 cm³/mol. The number of thioether (sulfide) groups is 1. The highest BCUT2D eigenvalue weighted by molar-refractivity contribution is 7.99. The maximum atomic E-state index is 12.5. The van der Waals surface area contributed by atoms with Gasteiger partial charge in [-0.1, -0.05) is 30.3 Å². The molecule has 23 heavy (non-hydrogen) atoms. The van der Waals surface area contributed by atoms with Crippen molar-refractivity contribution < 1.29 is 9.53 Å². The van der Waals surface area contributed by atoms with Crippen molar-refractivity contribution in [1.29, 1.82) is 0 Å². The minimum absolute atomic E-state index is 0.197. The largest absolute Gasteiger partial charge is 0.377 e. The average molecular weight is 337 g/mol. The fourth-order valence-corrected chi connectivity index (χ4v) is 3.69. The van der Waals surface area contributed by atoms with Crippen LogP contribution in [0.15, 0.2) is 30.3 Å². The quantitative estimate of drug-likeness (QED) is 0.753. The Morgan fingerprint density at radius 2 is 2.13 bits per heavy atom. The minimum Gasteiger partial charge on any atom is -0.377 e. The number of carbonyl (C=O) groups is 1. The minimum atomic E-state index is 0.197. The third kappa shape index (κ3) is 6.94. The molecule has 0 radical (unpaired) electrons. The second kappa shape index (κ2) is 10.7. The molecule has 1 fully saturated rings. The second-order valence-electron chi connectivity index (χ2n) is 5.95. The van der Waals surface area contributed by atoms with E-state index in [1.54, 1.807) is 11.8 Å². The fourth-order valence-electron chi connectivity index (χ4n) is 2.69. The van der Waals surface area contributed by atoms with Crippen molar-refractivity contribution in [3.63, 3.8) is 0 Å². The summed E-state index contributed by atoms with van der Waals surface area (Å²) >= 11 is 1.69. The number of nitrogens with zero attached hydrogens (tertiary/aromatic N) is 1. The van der Waals surface area contributed by atoms with Gasteiger partial charge in [-0.15, -0.1) is 11.8 Å². The van der Waals surface area contributed by atoms with Gasteiger partial charge in [0.05, 0.1) is 11.9 Å². The van der Waals surface area contributed by atoms with E-state index in [-0.39, 0.29) is 5.91 Å². The van der Waals surface area contributed by atoms with Gasteiger partial charge in [0.2, 0.25) is 5.91 Å². The number of hydrogen-bond acceptors (Lipinski definition) is 4. The lowest BCUT2D eigenvalue weighted by molar-refractivity contribution is -0.129. The maximum absolute atomic E-state index is 12.5. The first-order valence-electron chi connectivity index (χ1n) is 8.50. The summed E-state index contributed by atoms with van der Waals surface area (Å²) in [6, 6.07) is 10.1. The molecule has 1 unspecified atom stereocenters. The summed E-state index contributed by atoms with van der Waals surface area (Å²) in [5.41, 5.74) is 6.77. The molecule has 1 saturated heterocycles. The molecule has 0 aliphatic carbocycles. The normalized spacial score (nSPS) is 17.9. The Labute approximate surface area is 143 Å². The van der Waals surface area contributed by atoms with E-state index in [1.165, 1.54) is 18.4 Å². The number of hydrogen-bond donors (Lipinski definition) is 1. The van der Waals surface area contributed by atoms with Crippen molar-refractivity contribution in [1.82, 2.24) is 4.90 Å². The third-order valence-electron chi connectivity index (χ3n) is 4.00. The van der Waals surface area contributed by atoms with Crippen molar-refractivity contribution in [3.8, 4) is 0 Å². The molecule has 1 aromatic rings. The standard InChI is InChI=1S/C18H28N2O2S/c19-10-6-11-20(13-16-7-2-1-3-8-16)18(21)15-23-14-17-9-4-5-12-22-17/h1-3,7-8,17H,4-6,9-15,19H2. The van der Waals surface area contributed by atoms with Crippen LogP contribution in [0.4, 0.5) is 0 Å². The molecule has 0 bridgehead atoms. The van der Waals surface area contributed by atoms with E-state index in [0.29, 0.717) is 24.9 Å². The molecule has 2 N–H and O–H groups in total. The van der Waals surface area contributed by atoms with E-state index >= 15 is 0 Å². The first kappa shape index (κ1) is 18.3. The molecule has 5 heteroatoms. The third-order valence-corrected chi connectivity index (χ3v) is 5.06. The summed E-state index contributed by atoms with van der Waals surface area (Å²) in [5.74, 6) is 1.64. The Hall–Kier alpha value is -1.04. The predicted octanol–water partition coefficient (Wildman–Crippen LogP) is 2.67. The van der Waals surface area contributed by atoms with Crippen LogP contribution in [0.25, 0.3) is 0 Å². The van der Waals surface area contributed by atoms with Crippen LogP contribution in [0.1, 0.15) is 31.2 Å². The van der Waals surface area contributed by atoms with Crippen molar-refractivity contribution in [3.05, 3.63) is 35.9 Å². The molecule has 4 nitrogen and oxygen atoms in total. The van der Waals surface area contributed by atoms with Crippen molar-refractivity contribution in [2.24, 2.45) is 5.73 Å². The number of amides is 1. The zero-order valence-electron chi connectivity index (χ0n) is 13.8. The number of benzene rings is 1. The first-order valence-corrected chi connectivity index (χ1v) is 9.66. The van der Waals surface area contributed by atoms with E-state index in [9.17, 15) is 4.79 Å². The topological polar surface area (TPSA) is 55.6 Å². The van der Waals surface area contributed by atoms with E-state index in [1.807, 2.05) is 23.1 Å². The Kier molecular flexibility index (Phi) is 8.50. The van der Waals surface area contributed by atoms with Gasteiger partial charge in [0.15, 0.2) is 0 Å². The highest BCUT2D eigenvalue weighted by Gasteiger charge is 2.17. The molecule has 1 heterocycles. The van der Waals surface area contributed by atoms with Crippen molar-refractivity contribution in [2.45, 2.75) is 38.3 Å². The SMILES string of the molecule is NCCCN(Cc1ccccc1)C(=O)CSCC1CCCCO1. The van der Waals surface area contributed by atoms with Crippen molar-refractivity contribution in [2.75, 3.05) is 31.2 Å². The Balaban J connectivity index is 1.78. The Morgan fingerprint density at radius 1 is 1.30 bits per heavy atom. The molecule has 1 aliphatic rings. The van der Waals surface area contributed by atoms with Crippen LogP contribution >= 0.6 is 11.8 Å². The molecule has 2 rings (SSSR count). The summed E-state index contributed by atoms with van der Waals surface area (Å²) in [6.07, 6.45) is 4.71. The summed E-state index contributed by atoms with van der Waals surface area (Å²) in [5, 5.41) is 0. The average Bonchev–Trinajstić information content (AvgIpc) is 2.60. The van der Waals surface area contributed by atoms with E-state index in [2.05, 4.69) is 12.1 Å². The molecule has 0 saturated carbocycles. The molecule has 1 amide bonds. The van der Waals surface area contributed by atoms with Crippen LogP contribution in [0.5, 0.6) is 0 Å². The second-order valence-corrected chi connectivity index (χ2v) is 6.98. The van der Waals surface area contributed by atoms with Crippen LogP contribution in [0.3, 0.4) is 0 Å². The highest BCUT2D eigenvalue weighted by atomic mass is 32.2. The molecule has 0 aromatic heterocycles. The van der Waals surface area contributed by atoms with Crippen molar-refractivity contribution >= 4 is 17.7 Å². The van der Waals surface area contributed by atoms with Gasteiger partial charge in [-0.25, -0.2) is 0 Å². The zero-order valence-corrected chi connectivity index (χ0v) is 14.6. The van der Waals surface area contributed by atoms with Gasteiger partial charge in [0.1, 0.15) is 0 Å². The van der Waals surface area contributed by atoms with E-state index in [4.69, 9.17) is 10.5 Å². The molecule has 128 valence electrons. The van der Waals surface area contributed by atoms with Crippen LogP contribution in [-0.4, -0.2) is 48.1 Å². The lowest BCUT2D eigenvalue weighted by atomic mass is 10.1.